The van der Waals surface area contributed by atoms with Gasteiger partial charge in [0.15, 0.2) is 0 Å². The molecule has 10 rings (SSSR count). The summed E-state index contributed by atoms with van der Waals surface area (Å²) in [5.74, 6) is 0.0338. The quantitative estimate of drug-likeness (QED) is 0.123. The van der Waals surface area contributed by atoms with Crippen LogP contribution in [0, 0.1) is 5.92 Å². The summed E-state index contributed by atoms with van der Waals surface area (Å²) in [4.78, 5) is 67.5. The van der Waals surface area contributed by atoms with E-state index in [4.69, 9.17) is 21.1 Å². The van der Waals surface area contributed by atoms with Gasteiger partial charge < -0.3 is 44.1 Å². The third kappa shape index (κ3) is 8.49. The fraction of sp³-hybridized carbons (Fsp3) is 0.453. The molecule has 68 heavy (non-hydrogen) atoms. The van der Waals surface area contributed by atoms with Crippen molar-refractivity contribution < 1.29 is 33.8 Å². The van der Waals surface area contributed by atoms with Crippen LogP contribution in [0.1, 0.15) is 92.0 Å². The van der Waals surface area contributed by atoms with Crippen LogP contribution in [0.15, 0.2) is 91.3 Å². The maximum Gasteiger partial charge on any atom is 0.255 e. The number of hydrogen-bond acceptors (Lipinski definition) is 9. The van der Waals surface area contributed by atoms with Crippen molar-refractivity contribution in [3.63, 3.8) is 0 Å². The van der Waals surface area contributed by atoms with Crippen LogP contribution in [-0.2, 0) is 27.1 Å². The van der Waals surface area contributed by atoms with E-state index in [0.29, 0.717) is 67.2 Å². The number of rotatable bonds is 13. The lowest BCUT2D eigenvalue weighted by Crippen LogP contribution is -2.61. The zero-order valence-electron chi connectivity index (χ0n) is 39.2. The minimum atomic E-state index is -1.40. The first-order valence-corrected chi connectivity index (χ1v) is 24.5. The maximum atomic E-state index is 14.3. The Kier molecular flexibility index (Phi) is 12.0. The fourth-order valence-electron chi connectivity index (χ4n) is 10.3. The highest BCUT2D eigenvalue weighted by molar-refractivity contribution is 6.30. The van der Waals surface area contributed by atoms with Gasteiger partial charge in [0.1, 0.15) is 17.0 Å². The van der Waals surface area contributed by atoms with Gasteiger partial charge >= 0.3 is 0 Å². The molecule has 1 aromatic heterocycles. The van der Waals surface area contributed by atoms with Crippen molar-refractivity contribution in [2.24, 2.45) is 13.0 Å². The molecule has 2 unspecified atom stereocenters. The van der Waals surface area contributed by atoms with Crippen molar-refractivity contribution in [2.45, 2.75) is 94.7 Å². The summed E-state index contributed by atoms with van der Waals surface area (Å²) < 4.78 is 15.2. The van der Waals surface area contributed by atoms with Gasteiger partial charge in [0.2, 0.25) is 5.72 Å². The van der Waals surface area contributed by atoms with Gasteiger partial charge in [0.05, 0.1) is 35.7 Å². The number of halogens is 1. The summed E-state index contributed by atoms with van der Waals surface area (Å²) >= 11 is 6.35. The molecule has 4 fully saturated rings. The highest BCUT2D eigenvalue weighted by Crippen LogP contribution is 2.48. The summed E-state index contributed by atoms with van der Waals surface area (Å²) in [6, 6.07) is 26.1. The topological polar surface area (TPSA) is 150 Å². The predicted molar refractivity (Wildman–Crippen MR) is 259 cm³/mol. The Balaban J connectivity index is 0.784. The summed E-state index contributed by atoms with van der Waals surface area (Å²) in [5.41, 5.74) is 3.54. The molecule has 4 aromatic carbocycles. The average molecular weight is 943 g/mol. The number of nitrogens with zero attached hydrogens (tertiary/aromatic N) is 6. The van der Waals surface area contributed by atoms with Crippen LogP contribution in [0.25, 0.3) is 22.2 Å². The van der Waals surface area contributed by atoms with Crippen molar-refractivity contribution in [3.05, 3.63) is 113 Å². The molecule has 2 saturated carbocycles. The van der Waals surface area contributed by atoms with Crippen LogP contribution in [0.2, 0.25) is 5.02 Å². The molecule has 2 N–H and O–H groups in total. The van der Waals surface area contributed by atoms with Gasteiger partial charge in [-0.05, 0) is 98.7 Å². The average Bonchev–Trinajstić information content (AvgIpc) is 4.25. The van der Waals surface area contributed by atoms with Gasteiger partial charge in [-0.3, -0.25) is 19.2 Å². The van der Waals surface area contributed by atoms with Gasteiger partial charge in [-0.2, -0.15) is 0 Å². The smallest absolute Gasteiger partial charge is 0.255 e. The van der Waals surface area contributed by atoms with E-state index < -0.39 is 23.0 Å². The zero-order chi connectivity index (χ0) is 47.5. The predicted octanol–water partition coefficient (Wildman–Crippen LogP) is 7.48. The zero-order valence-corrected chi connectivity index (χ0v) is 40.0. The van der Waals surface area contributed by atoms with Crippen LogP contribution in [-0.4, -0.2) is 127 Å². The molecule has 0 bridgehead atoms. The van der Waals surface area contributed by atoms with Crippen molar-refractivity contribution in [1.82, 2.24) is 29.2 Å². The van der Waals surface area contributed by atoms with E-state index in [9.17, 15) is 24.3 Å². The number of benzene rings is 4. The van der Waals surface area contributed by atoms with Crippen LogP contribution >= 0.6 is 11.6 Å². The summed E-state index contributed by atoms with van der Waals surface area (Å²) in [6.07, 6.45) is 6.67. The number of nitrogens with one attached hydrogen (secondary N) is 1. The Bertz CT molecular complexity index is 2750. The van der Waals surface area contributed by atoms with Gasteiger partial charge in [0.25, 0.3) is 23.6 Å². The number of amides is 4. The van der Waals surface area contributed by atoms with E-state index in [1.807, 2.05) is 102 Å². The molecular formula is C53H60ClN7O7. The third-order valence-electron chi connectivity index (χ3n) is 14.9. The number of aromatic nitrogens is 2. The molecule has 0 radical (unpaired) electrons. The molecule has 5 aliphatic rings. The van der Waals surface area contributed by atoms with E-state index in [1.54, 1.807) is 21.0 Å². The highest BCUT2D eigenvalue weighted by Gasteiger charge is 2.56. The summed E-state index contributed by atoms with van der Waals surface area (Å²) in [5, 5.41) is 15.2. The SMILES string of the molecule is CCCCC(C)C1(c2ccc(C(=O)N3CCN(C(=O)C4(O)CC4)[C@@H](COC4(C(=O)N5CCN(C(=O)c6ccc(-c7ccc8c(c7)ncn8C)cc6)C[C@@H]5C)CC4)C3)cc2)Nc2ccc(Cl)cc2O1. The standard InChI is InChI=1S/C53H60ClN7O7/c1-5-6-7-34(2)53(56-43-18-17-41(54)29-46(43)68-53)40-15-12-38(13-16-40)48(63)59-25-27-61(49(64)51(66)20-21-51)42(31-59)32-67-52(22-23-52)50(65)60-26-24-58(30-35(60)3)47(62)37-10-8-36(9-11-37)39-14-19-45-44(28-39)55-33-57(45)4/h8-19,28-29,33-35,42,56,66H,5-7,20-27,30-32H2,1-4H3/t34?,35-,42+,53?/m0/s1. The Hall–Kier alpha value is -5.96. The fourth-order valence-corrected chi connectivity index (χ4v) is 10.5. The Morgan fingerprint density at radius 1 is 0.838 bits per heavy atom. The van der Waals surface area contributed by atoms with Gasteiger partial charge in [-0.1, -0.05) is 68.6 Å². The second-order valence-corrected chi connectivity index (χ2v) is 20.1. The number of hydrogen-bond donors (Lipinski definition) is 2. The molecule has 2 aliphatic carbocycles. The number of ether oxygens (including phenoxy) is 2. The highest BCUT2D eigenvalue weighted by atomic mass is 35.5. The van der Waals surface area contributed by atoms with E-state index in [-0.39, 0.29) is 61.8 Å². The molecule has 14 nitrogen and oxygen atoms in total. The number of aryl methyl sites for hydroxylation is 1. The number of imidazole rings is 1. The normalized spacial score (nSPS) is 22.9. The molecule has 4 amide bonds. The number of aliphatic hydroxyl groups is 1. The lowest BCUT2D eigenvalue weighted by molar-refractivity contribution is -0.157. The molecule has 4 atom stereocenters. The number of carbonyl (C=O) groups is 4. The minimum absolute atomic E-state index is 0.0283. The van der Waals surface area contributed by atoms with Crippen LogP contribution in [0.4, 0.5) is 5.69 Å². The minimum Gasteiger partial charge on any atom is -0.461 e. The Morgan fingerprint density at radius 2 is 1.50 bits per heavy atom. The number of carbonyl (C=O) groups excluding carboxylic acids is 4. The monoisotopic (exact) mass is 941 g/mol. The first-order valence-electron chi connectivity index (χ1n) is 24.2. The molecule has 2 saturated heterocycles. The first-order chi connectivity index (χ1) is 32.7. The first kappa shape index (κ1) is 45.8. The second kappa shape index (κ2) is 17.8. The molecular weight excluding hydrogens is 882 g/mol. The van der Waals surface area contributed by atoms with Gasteiger partial charge in [-0.15, -0.1) is 0 Å². The second-order valence-electron chi connectivity index (χ2n) is 19.7. The largest absolute Gasteiger partial charge is 0.461 e. The van der Waals surface area contributed by atoms with E-state index in [2.05, 4.69) is 30.2 Å². The van der Waals surface area contributed by atoms with Gasteiger partial charge in [0, 0.05) is 86.1 Å². The molecule has 15 heteroatoms. The number of anilines is 1. The lowest BCUT2D eigenvalue weighted by Gasteiger charge is -2.43. The molecule has 5 aromatic rings. The Labute approximate surface area is 402 Å². The molecule has 0 spiro atoms. The number of piperazine rings is 2. The molecule has 4 heterocycles. The lowest BCUT2D eigenvalue weighted by atomic mass is 9.86. The third-order valence-corrected chi connectivity index (χ3v) is 15.2. The van der Waals surface area contributed by atoms with E-state index >= 15 is 0 Å². The van der Waals surface area contributed by atoms with Crippen molar-refractivity contribution in [1.29, 1.82) is 0 Å². The summed E-state index contributed by atoms with van der Waals surface area (Å²) in [6.45, 7) is 8.15. The van der Waals surface area contributed by atoms with Crippen LogP contribution < -0.4 is 10.1 Å². The number of unbranched alkanes of at least 4 members (excludes halogenated alkanes) is 1. The van der Waals surface area contributed by atoms with Gasteiger partial charge in [-0.25, -0.2) is 4.98 Å². The molecule has 3 aliphatic heterocycles. The van der Waals surface area contributed by atoms with Crippen LogP contribution in [0.3, 0.4) is 0 Å². The van der Waals surface area contributed by atoms with Crippen molar-refractivity contribution in [3.8, 4) is 16.9 Å². The van der Waals surface area contributed by atoms with E-state index in [0.717, 1.165) is 52.7 Å². The molecule has 356 valence electrons. The van der Waals surface area contributed by atoms with Crippen LogP contribution in [0.5, 0.6) is 5.75 Å². The van der Waals surface area contributed by atoms with Crippen molar-refractivity contribution >= 4 is 52.0 Å². The summed E-state index contributed by atoms with van der Waals surface area (Å²) in [7, 11) is 1.97. The van der Waals surface area contributed by atoms with E-state index in [1.165, 1.54) is 0 Å². The maximum absolute atomic E-state index is 14.3. The Morgan fingerprint density at radius 3 is 2.16 bits per heavy atom. The number of fused-ring (bicyclic) bond motifs is 2. The van der Waals surface area contributed by atoms with Crippen molar-refractivity contribution in [2.75, 3.05) is 51.2 Å².